The van der Waals surface area contributed by atoms with Crippen molar-refractivity contribution in [3.8, 4) is 0 Å². The molecule has 0 bridgehead atoms. The van der Waals surface area contributed by atoms with E-state index in [2.05, 4.69) is 10.6 Å². The van der Waals surface area contributed by atoms with Gasteiger partial charge >= 0.3 is 0 Å². The summed E-state index contributed by atoms with van der Waals surface area (Å²) in [4.78, 5) is 48.0. The van der Waals surface area contributed by atoms with E-state index in [0.717, 1.165) is 4.90 Å². The van der Waals surface area contributed by atoms with Crippen LogP contribution >= 0.6 is 0 Å². The zero-order valence-electron chi connectivity index (χ0n) is 18.5. The van der Waals surface area contributed by atoms with Crippen LogP contribution in [0.5, 0.6) is 0 Å². The third-order valence-electron chi connectivity index (χ3n) is 4.30. The number of nitrogens with zero attached hydrogens (tertiary/aromatic N) is 1. The van der Waals surface area contributed by atoms with Crippen molar-refractivity contribution in [2.24, 2.45) is 10.8 Å². The van der Waals surface area contributed by atoms with Crippen LogP contribution in [0.25, 0.3) is 0 Å². The first-order valence-corrected chi connectivity index (χ1v) is 9.99. The Morgan fingerprint density at radius 2 is 1.55 bits per heavy atom. The normalized spacial score (nSPS) is 14.7. The molecule has 2 N–H and O–H groups in total. The van der Waals surface area contributed by atoms with Crippen LogP contribution in [0.2, 0.25) is 0 Å². The van der Waals surface area contributed by atoms with Gasteiger partial charge in [-0.25, -0.2) is 0 Å². The van der Waals surface area contributed by atoms with E-state index in [1.54, 1.807) is 0 Å². The van der Waals surface area contributed by atoms with E-state index in [1.807, 2.05) is 41.5 Å². The highest BCUT2D eigenvalue weighted by molar-refractivity contribution is 6.13. The first-order valence-electron chi connectivity index (χ1n) is 9.99. The fourth-order valence-electron chi connectivity index (χ4n) is 2.80. The average molecular weight is 410 g/mol. The van der Waals surface area contributed by atoms with Crippen molar-refractivity contribution in [3.05, 3.63) is 12.2 Å². The van der Waals surface area contributed by atoms with Gasteiger partial charge in [-0.1, -0.05) is 27.7 Å². The minimum absolute atomic E-state index is 0.00490. The lowest BCUT2D eigenvalue weighted by atomic mass is 9.89. The number of carbonyl (C=O) groups excluding carboxylic acids is 4. The van der Waals surface area contributed by atoms with Gasteiger partial charge in [0, 0.05) is 49.5 Å². The molecule has 0 saturated heterocycles. The topological polar surface area (TPSA) is 105 Å². The molecule has 0 atom stereocenters. The standard InChI is InChI=1S/C21H35N3O5/c1-15(2)23-17(26)11-20(3,4)13-29-14-21(5,6)12-22-16(25)9-10-24-18(27)7-8-19(24)28/h7-8,15H,9-14H2,1-6H3,(H,22,25)(H,23,26). The second-order valence-electron chi connectivity index (χ2n) is 9.41. The van der Waals surface area contributed by atoms with Gasteiger partial charge in [-0.3, -0.25) is 24.1 Å². The molecule has 8 heteroatoms. The quantitative estimate of drug-likeness (QED) is 0.474. The zero-order chi connectivity index (χ0) is 22.2. The van der Waals surface area contributed by atoms with Crippen molar-refractivity contribution in [2.75, 3.05) is 26.3 Å². The number of ether oxygens (including phenoxy) is 1. The fraction of sp³-hybridized carbons (Fsp3) is 0.714. The molecule has 1 aliphatic rings. The molecule has 29 heavy (non-hydrogen) atoms. The fourth-order valence-corrected chi connectivity index (χ4v) is 2.80. The van der Waals surface area contributed by atoms with Crippen LogP contribution in [0.4, 0.5) is 0 Å². The van der Waals surface area contributed by atoms with E-state index in [4.69, 9.17) is 4.74 Å². The first-order chi connectivity index (χ1) is 13.3. The highest BCUT2D eigenvalue weighted by Crippen LogP contribution is 2.23. The van der Waals surface area contributed by atoms with Crippen LogP contribution in [0.15, 0.2) is 12.2 Å². The highest BCUT2D eigenvalue weighted by atomic mass is 16.5. The molecule has 1 heterocycles. The monoisotopic (exact) mass is 409 g/mol. The Morgan fingerprint density at radius 3 is 2.10 bits per heavy atom. The van der Waals surface area contributed by atoms with Gasteiger partial charge in [-0.2, -0.15) is 0 Å². The van der Waals surface area contributed by atoms with E-state index < -0.39 is 0 Å². The molecule has 8 nitrogen and oxygen atoms in total. The molecule has 0 spiro atoms. The number of imide groups is 1. The second kappa shape index (κ2) is 10.5. The van der Waals surface area contributed by atoms with E-state index in [9.17, 15) is 19.2 Å². The van der Waals surface area contributed by atoms with Crippen LogP contribution < -0.4 is 10.6 Å². The van der Waals surface area contributed by atoms with Crippen LogP contribution in [0.1, 0.15) is 54.4 Å². The molecule has 4 amide bonds. The Hall–Kier alpha value is -2.22. The number of rotatable bonds is 12. The Kier molecular flexibility index (Phi) is 9.01. The molecule has 0 saturated carbocycles. The maximum absolute atomic E-state index is 12.0. The number of amides is 4. The SMILES string of the molecule is CC(C)NC(=O)CC(C)(C)COCC(C)(C)CNC(=O)CCN1C(=O)C=CC1=O. The maximum atomic E-state index is 12.0. The largest absolute Gasteiger partial charge is 0.380 e. The lowest BCUT2D eigenvalue weighted by Crippen LogP contribution is -2.40. The van der Waals surface area contributed by atoms with Crippen LogP contribution in [0, 0.1) is 10.8 Å². The Morgan fingerprint density at radius 1 is 1.00 bits per heavy atom. The van der Waals surface area contributed by atoms with Gasteiger partial charge in [0.15, 0.2) is 0 Å². The molecule has 0 aromatic carbocycles. The molecule has 1 aliphatic heterocycles. The summed E-state index contributed by atoms with van der Waals surface area (Å²) in [5.41, 5.74) is -0.589. The van der Waals surface area contributed by atoms with Crippen molar-refractivity contribution in [1.82, 2.24) is 15.5 Å². The van der Waals surface area contributed by atoms with E-state index >= 15 is 0 Å². The third kappa shape index (κ3) is 9.69. The Balaban J connectivity index is 2.30. The van der Waals surface area contributed by atoms with E-state index in [0.29, 0.717) is 26.2 Å². The average Bonchev–Trinajstić information content (AvgIpc) is 2.87. The van der Waals surface area contributed by atoms with E-state index in [-0.39, 0.29) is 53.5 Å². The summed E-state index contributed by atoms with van der Waals surface area (Å²) < 4.78 is 5.83. The summed E-state index contributed by atoms with van der Waals surface area (Å²) in [6, 6.07) is 0.111. The van der Waals surface area contributed by atoms with Crippen molar-refractivity contribution in [3.63, 3.8) is 0 Å². The van der Waals surface area contributed by atoms with Gasteiger partial charge in [0.1, 0.15) is 0 Å². The number of hydrogen-bond donors (Lipinski definition) is 2. The molecule has 0 unspecified atom stereocenters. The minimum Gasteiger partial charge on any atom is -0.380 e. The van der Waals surface area contributed by atoms with Crippen molar-refractivity contribution in [1.29, 1.82) is 0 Å². The maximum Gasteiger partial charge on any atom is 0.253 e. The van der Waals surface area contributed by atoms with Gasteiger partial charge < -0.3 is 15.4 Å². The molecule has 0 fully saturated rings. The summed E-state index contributed by atoms with van der Waals surface area (Å²) in [7, 11) is 0. The number of hydrogen-bond acceptors (Lipinski definition) is 5. The zero-order valence-corrected chi connectivity index (χ0v) is 18.5. The molecule has 0 aromatic heterocycles. The summed E-state index contributed by atoms with van der Waals surface area (Å²) in [6.07, 6.45) is 2.85. The second-order valence-corrected chi connectivity index (χ2v) is 9.41. The summed E-state index contributed by atoms with van der Waals surface area (Å²) in [5.74, 6) is -0.996. The number of carbonyl (C=O) groups is 4. The third-order valence-corrected chi connectivity index (χ3v) is 4.30. The van der Waals surface area contributed by atoms with Gasteiger partial charge in [0.05, 0.1) is 13.2 Å². The van der Waals surface area contributed by atoms with Gasteiger partial charge in [0.25, 0.3) is 11.8 Å². The lowest BCUT2D eigenvalue weighted by molar-refractivity contribution is -0.137. The molecular weight excluding hydrogens is 374 g/mol. The van der Waals surface area contributed by atoms with Crippen LogP contribution in [-0.2, 0) is 23.9 Å². The van der Waals surface area contributed by atoms with Crippen LogP contribution in [0.3, 0.4) is 0 Å². The smallest absolute Gasteiger partial charge is 0.253 e. The molecule has 164 valence electrons. The van der Waals surface area contributed by atoms with Crippen molar-refractivity contribution < 1.29 is 23.9 Å². The summed E-state index contributed by atoms with van der Waals surface area (Å²) >= 11 is 0. The Bertz CT molecular complexity index is 635. The number of nitrogens with one attached hydrogen (secondary N) is 2. The molecule has 0 aromatic rings. The van der Waals surface area contributed by atoms with Gasteiger partial charge in [0.2, 0.25) is 11.8 Å². The van der Waals surface area contributed by atoms with Crippen molar-refractivity contribution in [2.45, 2.75) is 60.4 Å². The highest BCUT2D eigenvalue weighted by Gasteiger charge is 2.26. The molecular formula is C21H35N3O5. The van der Waals surface area contributed by atoms with Crippen molar-refractivity contribution >= 4 is 23.6 Å². The Labute approximate surface area is 173 Å². The summed E-state index contributed by atoms with van der Waals surface area (Å²) in [5, 5.41) is 5.71. The predicted molar refractivity (Wildman–Crippen MR) is 110 cm³/mol. The minimum atomic E-state index is -0.388. The lowest BCUT2D eigenvalue weighted by Gasteiger charge is -2.29. The van der Waals surface area contributed by atoms with Gasteiger partial charge in [-0.05, 0) is 19.3 Å². The first kappa shape index (κ1) is 24.8. The van der Waals surface area contributed by atoms with E-state index in [1.165, 1.54) is 12.2 Å². The molecule has 0 aliphatic carbocycles. The predicted octanol–water partition coefficient (Wildman–Crippen LogP) is 1.40. The molecule has 0 radical (unpaired) electrons. The molecule has 1 rings (SSSR count). The van der Waals surface area contributed by atoms with Gasteiger partial charge in [-0.15, -0.1) is 0 Å². The van der Waals surface area contributed by atoms with Crippen LogP contribution in [-0.4, -0.2) is 60.9 Å². The summed E-state index contributed by atoms with van der Waals surface area (Å²) in [6.45, 7) is 13.1.